The summed E-state index contributed by atoms with van der Waals surface area (Å²) in [6.07, 6.45) is 0.795. The molecule has 0 aliphatic carbocycles. The Morgan fingerprint density at radius 3 is 2.56 bits per heavy atom. The normalized spacial score (nSPS) is 16.0. The minimum Gasteiger partial charge on any atom is -0.364 e. The van der Waals surface area contributed by atoms with Gasteiger partial charge in [0.1, 0.15) is 0 Å². The largest absolute Gasteiger partial charge is 0.364 e. The van der Waals surface area contributed by atoms with Gasteiger partial charge in [0.2, 0.25) is 0 Å². The van der Waals surface area contributed by atoms with E-state index >= 15 is 0 Å². The van der Waals surface area contributed by atoms with E-state index in [1.165, 1.54) is 0 Å². The molecule has 1 heterocycles. The van der Waals surface area contributed by atoms with Gasteiger partial charge in [-0.25, -0.2) is 0 Å². The standard InChI is InChI=1S/C19H19ClN4O/c1-19(2)11-12-5-3-4-6-15(12)16(22-19)17(18(21)25)24-23-14-9-7-13(20)8-10-14/h3-10,23H,11H2,1-2H3,(H2,21,25)/b24-17-. The minimum absolute atomic E-state index is 0.107. The monoisotopic (exact) mass is 354 g/mol. The van der Waals surface area contributed by atoms with Crippen molar-refractivity contribution in [3.05, 3.63) is 64.7 Å². The Balaban J connectivity index is 2.02. The lowest BCUT2D eigenvalue weighted by Crippen LogP contribution is -2.38. The van der Waals surface area contributed by atoms with Crippen LogP contribution < -0.4 is 11.2 Å². The number of rotatable bonds is 4. The van der Waals surface area contributed by atoms with Crippen LogP contribution in [-0.4, -0.2) is 22.9 Å². The van der Waals surface area contributed by atoms with E-state index in [1.54, 1.807) is 24.3 Å². The van der Waals surface area contributed by atoms with Crippen molar-refractivity contribution < 1.29 is 4.79 Å². The molecule has 128 valence electrons. The van der Waals surface area contributed by atoms with Crippen molar-refractivity contribution in [3.63, 3.8) is 0 Å². The predicted molar refractivity (Wildman–Crippen MR) is 102 cm³/mol. The summed E-state index contributed by atoms with van der Waals surface area (Å²) in [5.41, 5.74) is 11.4. The Morgan fingerprint density at radius 1 is 1.20 bits per heavy atom. The molecular formula is C19H19ClN4O. The number of nitrogens with zero attached hydrogens (tertiary/aromatic N) is 2. The predicted octanol–water partition coefficient (Wildman–Crippen LogP) is 3.42. The number of halogens is 1. The fourth-order valence-electron chi connectivity index (χ4n) is 2.82. The summed E-state index contributed by atoms with van der Waals surface area (Å²) in [6, 6.07) is 14.9. The van der Waals surface area contributed by atoms with Gasteiger partial charge in [-0.15, -0.1) is 0 Å². The maximum absolute atomic E-state index is 12.0. The van der Waals surface area contributed by atoms with E-state index in [4.69, 9.17) is 22.3 Å². The number of fused-ring (bicyclic) bond motifs is 1. The number of hydrogen-bond acceptors (Lipinski definition) is 4. The molecule has 1 amide bonds. The zero-order valence-electron chi connectivity index (χ0n) is 14.1. The lowest BCUT2D eigenvalue weighted by atomic mass is 9.85. The zero-order valence-corrected chi connectivity index (χ0v) is 14.8. The molecule has 1 aliphatic heterocycles. The summed E-state index contributed by atoms with van der Waals surface area (Å²) in [6.45, 7) is 4.04. The number of aliphatic imine (C=N–C) groups is 1. The van der Waals surface area contributed by atoms with Crippen LogP contribution in [0.2, 0.25) is 5.02 Å². The molecule has 2 aromatic rings. The van der Waals surface area contributed by atoms with Gasteiger partial charge in [0.25, 0.3) is 5.91 Å². The third-order valence-corrected chi connectivity index (χ3v) is 4.16. The second-order valence-electron chi connectivity index (χ2n) is 6.55. The van der Waals surface area contributed by atoms with E-state index in [0.717, 1.165) is 17.5 Å². The van der Waals surface area contributed by atoms with Crippen molar-refractivity contribution in [1.29, 1.82) is 0 Å². The van der Waals surface area contributed by atoms with Gasteiger partial charge >= 0.3 is 0 Å². The molecule has 2 aromatic carbocycles. The van der Waals surface area contributed by atoms with Crippen LogP contribution in [0.1, 0.15) is 25.0 Å². The first-order valence-corrected chi connectivity index (χ1v) is 8.31. The molecule has 0 fully saturated rings. The van der Waals surface area contributed by atoms with Crippen LogP contribution in [0.4, 0.5) is 5.69 Å². The molecule has 0 aromatic heterocycles. The molecule has 3 rings (SSSR count). The molecule has 0 saturated heterocycles. The van der Waals surface area contributed by atoms with Gasteiger partial charge in [-0.2, -0.15) is 5.10 Å². The van der Waals surface area contributed by atoms with Gasteiger partial charge in [-0.1, -0.05) is 35.9 Å². The van der Waals surface area contributed by atoms with Crippen LogP contribution in [0.25, 0.3) is 0 Å². The Morgan fingerprint density at radius 2 is 1.88 bits per heavy atom. The van der Waals surface area contributed by atoms with Crippen molar-refractivity contribution in [2.75, 3.05) is 5.43 Å². The third kappa shape index (κ3) is 3.88. The summed E-state index contributed by atoms with van der Waals surface area (Å²) >= 11 is 5.88. The molecule has 5 nitrogen and oxygen atoms in total. The van der Waals surface area contributed by atoms with Gasteiger partial charge < -0.3 is 5.73 Å². The number of hydrazone groups is 1. The number of primary amides is 1. The highest BCUT2D eigenvalue weighted by Gasteiger charge is 2.30. The fourth-order valence-corrected chi connectivity index (χ4v) is 2.95. The van der Waals surface area contributed by atoms with E-state index < -0.39 is 5.91 Å². The molecule has 1 aliphatic rings. The van der Waals surface area contributed by atoms with Gasteiger partial charge in [0.15, 0.2) is 5.71 Å². The Kier molecular flexibility index (Phi) is 4.59. The highest BCUT2D eigenvalue weighted by molar-refractivity contribution is 6.70. The van der Waals surface area contributed by atoms with E-state index in [0.29, 0.717) is 16.4 Å². The Labute approximate surface area is 151 Å². The molecule has 25 heavy (non-hydrogen) atoms. The number of anilines is 1. The third-order valence-electron chi connectivity index (χ3n) is 3.91. The minimum atomic E-state index is -0.632. The molecule has 0 spiro atoms. The summed E-state index contributed by atoms with van der Waals surface area (Å²) in [4.78, 5) is 16.8. The molecule has 6 heteroatoms. The summed E-state index contributed by atoms with van der Waals surface area (Å²) in [5.74, 6) is -0.632. The van der Waals surface area contributed by atoms with E-state index in [2.05, 4.69) is 10.5 Å². The summed E-state index contributed by atoms with van der Waals surface area (Å²) in [7, 11) is 0. The smallest absolute Gasteiger partial charge is 0.271 e. The topological polar surface area (TPSA) is 79.8 Å². The second-order valence-corrected chi connectivity index (χ2v) is 6.99. The van der Waals surface area contributed by atoms with Gasteiger partial charge in [-0.05, 0) is 50.1 Å². The molecule has 0 unspecified atom stereocenters. The van der Waals surface area contributed by atoms with Gasteiger partial charge in [0.05, 0.1) is 16.9 Å². The highest BCUT2D eigenvalue weighted by Crippen LogP contribution is 2.27. The number of nitrogens with one attached hydrogen (secondary N) is 1. The van der Waals surface area contributed by atoms with Crippen molar-refractivity contribution in [2.24, 2.45) is 15.8 Å². The van der Waals surface area contributed by atoms with Gasteiger partial charge in [0, 0.05) is 10.6 Å². The number of amides is 1. The van der Waals surface area contributed by atoms with E-state index in [-0.39, 0.29) is 11.3 Å². The maximum atomic E-state index is 12.0. The van der Waals surface area contributed by atoms with Crippen molar-refractivity contribution in [2.45, 2.75) is 25.8 Å². The molecular weight excluding hydrogens is 336 g/mol. The number of nitrogens with two attached hydrogens (primary N) is 1. The highest BCUT2D eigenvalue weighted by atomic mass is 35.5. The first kappa shape index (κ1) is 17.2. The maximum Gasteiger partial charge on any atom is 0.271 e. The lowest BCUT2D eigenvalue weighted by molar-refractivity contribution is -0.111. The Hall–Kier alpha value is -2.66. The number of benzene rings is 2. The molecule has 0 radical (unpaired) electrons. The summed E-state index contributed by atoms with van der Waals surface area (Å²) in [5, 5.41) is 4.85. The molecule has 0 bridgehead atoms. The Bertz CT molecular complexity index is 869. The van der Waals surface area contributed by atoms with E-state index in [1.807, 2.05) is 38.1 Å². The summed E-state index contributed by atoms with van der Waals surface area (Å²) < 4.78 is 0. The van der Waals surface area contributed by atoms with Crippen LogP contribution in [0.3, 0.4) is 0 Å². The first-order valence-electron chi connectivity index (χ1n) is 7.93. The molecule has 3 N–H and O–H groups in total. The van der Waals surface area contributed by atoms with Crippen LogP contribution in [-0.2, 0) is 11.2 Å². The molecule has 0 atom stereocenters. The number of hydrogen-bond donors (Lipinski definition) is 2. The van der Waals surface area contributed by atoms with Crippen LogP contribution in [0.5, 0.6) is 0 Å². The van der Waals surface area contributed by atoms with Gasteiger partial charge in [-0.3, -0.25) is 15.2 Å². The van der Waals surface area contributed by atoms with E-state index in [9.17, 15) is 4.79 Å². The zero-order chi connectivity index (χ0) is 18.0. The molecule has 0 saturated carbocycles. The van der Waals surface area contributed by atoms with Crippen molar-refractivity contribution in [3.8, 4) is 0 Å². The number of carbonyl (C=O) groups excluding carboxylic acids is 1. The van der Waals surface area contributed by atoms with Crippen LogP contribution >= 0.6 is 11.6 Å². The van der Waals surface area contributed by atoms with Crippen molar-refractivity contribution >= 4 is 34.6 Å². The SMILES string of the molecule is CC1(C)Cc2ccccc2C(/C(=N/Nc2ccc(Cl)cc2)C(N)=O)=N1. The quantitative estimate of drug-likeness (QED) is 0.651. The fraction of sp³-hybridized carbons (Fsp3) is 0.211. The van der Waals surface area contributed by atoms with Crippen LogP contribution in [0.15, 0.2) is 58.6 Å². The second kappa shape index (κ2) is 6.69. The average Bonchev–Trinajstić information content (AvgIpc) is 2.55. The van der Waals surface area contributed by atoms with Crippen LogP contribution in [0, 0.1) is 0 Å². The van der Waals surface area contributed by atoms with Crippen molar-refractivity contribution in [1.82, 2.24) is 0 Å². The first-order chi connectivity index (χ1) is 11.9. The number of carbonyl (C=O) groups is 1. The lowest BCUT2D eigenvalue weighted by Gasteiger charge is -2.28. The average molecular weight is 355 g/mol.